The normalized spacial score (nSPS) is 11.4. The summed E-state index contributed by atoms with van der Waals surface area (Å²) >= 11 is 6.05. The second-order valence-electron chi connectivity index (χ2n) is 4.81. The summed E-state index contributed by atoms with van der Waals surface area (Å²) in [4.78, 5) is 23.1. The van der Waals surface area contributed by atoms with Gasteiger partial charge in [-0.3, -0.25) is 4.79 Å². The van der Waals surface area contributed by atoms with Crippen LogP contribution in [0.2, 0.25) is 5.02 Å². The quantitative estimate of drug-likeness (QED) is 0.884. The van der Waals surface area contributed by atoms with E-state index >= 15 is 0 Å². The molecule has 0 saturated carbocycles. The lowest BCUT2D eigenvalue weighted by Gasteiger charge is -2.20. The van der Waals surface area contributed by atoms with Crippen molar-refractivity contribution in [2.24, 2.45) is 0 Å². The summed E-state index contributed by atoms with van der Waals surface area (Å²) in [7, 11) is 1.24. The Hall–Kier alpha value is -2.53. The van der Waals surface area contributed by atoms with Crippen LogP contribution in [0.3, 0.4) is 0 Å². The van der Waals surface area contributed by atoms with E-state index in [-0.39, 0.29) is 18.5 Å². The van der Waals surface area contributed by atoms with Crippen LogP contribution in [0.15, 0.2) is 54.6 Å². The average molecular weight is 333 g/mol. The topological polar surface area (TPSA) is 67.4 Å². The maximum absolute atomic E-state index is 12.1. The van der Waals surface area contributed by atoms with Gasteiger partial charge in [0, 0.05) is 5.02 Å². The molecule has 0 unspecified atom stereocenters. The highest BCUT2D eigenvalue weighted by atomic mass is 35.5. The fourth-order valence-electron chi connectivity index (χ4n) is 2.13. The number of amides is 2. The van der Waals surface area contributed by atoms with Crippen molar-refractivity contribution in [2.75, 3.05) is 13.7 Å². The molecular weight excluding hydrogens is 316 g/mol. The number of carbonyl (C=O) groups is 2. The largest absolute Gasteiger partial charge is 0.453 e. The molecule has 0 aliphatic rings. The van der Waals surface area contributed by atoms with Crippen LogP contribution in [0.25, 0.3) is 0 Å². The van der Waals surface area contributed by atoms with Crippen LogP contribution in [0.5, 0.6) is 0 Å². The summed E-state index contributed by atoms with van der Waals surface area (Å²) in [6.45, 7) is -0.170. The number of rotatable bonds is 5. The Morgan fingerprint density at radius 3 is 2.43 bits per heavy atom. The highest BCUT2D eigenvalue weighted by Crippen LogP contribution is 2.24. The SMILES string of the molecule is COC(=O)NCC(=O)N[C@@H](c1ccccc1)c1cccc(Cl)c1. The minimum atomic E-state index is -0.654. The number of hydrogen-bond acceptors (Lipinski definition) is 3. The zero-order valence-corrected chi connectivity index (χ0v) is 13.3. The van der Waals surface area contributed by atoms with Gasteiger partial charge in [0.25, 0.3) is 0 Å². The summed E-state index contributed by atoms with van der Waals surface area (Å²) in [5, 5.41) is 5.83. The van der Waals surface area contributed by atoms with Crippen LogP contribution in [0, 0.1) is 0 Å². The van der Waals surface area contributed by atoms with Crippen molar-refractivity contribution in [1.82, 2.24) is 10.6 Å². The van der Waals surface area contributed by atoms with Crippen LogP contribution in [0.1, 0.15) is 17.2 Å². The Labute approximate surface area is 139 Å². The predicted molar refractivity (Wildman–Crippen MR) is 88.3 cm³/mol. The maximum atomic E-state index is 12.1. The third kappa shape index (κ3) is 5.00. The van der Waals surface area contributed by atoms with Gasteiger partial charge in [0.15, 0.2) is 0 Å². The molecule has 2 aromatic rings. The zero-order valence-electron chi connectivity index (χ0n) is 12.6. The van der Waals surface area contributed by atoms with E-state index in [2.05, 4.69) is 15.4 Å². The Balaban J connectivity index is 2.18. The molecule has 0 aliphatic heterocycles. The van der Waals surface area contributed by atoms with Crippen LogP contribution in [-0.4, -0.2) is 25.7 Å². The first-order valence-corrected chi connectivity index (χ1v) is 7.39. The average Bonchev–Trinajstić information content (AvgIpc) is 2.58. The van der Waals surface area contributed by atoms with Crippen molar-refractivity contribution in [3.8, 4) is 0 Å². The molecule has 2 amide bonds. The number of benzene rings is 2. The number of ether oxygens (including phenoxy) is 1. The number of alkyl carbamates (subject to hydrolysis) is 1. The summed E-state index contributed by atoms with van der Waals surface area (Å²) < 4.78 is 4.44. The van der Waals surface area contributed by atoms with Gasteiger partial charge in [-0.15, -0.1) is 0 Å². The lowest BCUT2D eigenvalue weighted by molar-refractivity contribution is -0.120. The Morgan fingerprint density at radius 2 is 1.78 bits per heavy atom. The van der Waals surface area contributed by atoms with Crippen LogP contribution in [0.4, 0.5) is 4.79 Å². The van der Waals surface area contributed by atoms with Gasteiger partial charge in [-0.1, -0.05) is 54.1 Å². The molecule has 1 atom stereocenters. The number of carbonyl (C=O) groups excluding carboxylic acids is 2. The minimum absolute atomic E-state index is 0.170. The standard InChI is InChI=1S/C17H17ClN2O3/c1-23-17(22)19-11-15(21)20-16(12-6-3-2-4-7-12)13-8-5-9-14(18)10-13/h2-10,16H,11H2,1H3,(H,19,22)(H,20,21)/t16-/m0/s1. The predicted octanol–water partition coefficient (Wildman–Crippen LogP) is 2.90. The number of hydrogen-bond donors (Lipinski definition) is 2. The molecular formula is C17H17ClN2O3. The zero-order chi connectivity index (χ0) is 16.7. The molecule has 6 heteroatoms. The van der Waals surface area contributed by atoms with E-state index in [0.717, 1.165) is 11.1 Å². The fourth-order valence-corrected chi connectivity index (χ4v) is 2.33. The van der Waals surface area contributed by atoms with Crippen molar-refractivity contribution < 1.29 is 14.3 Å². The van der Waals surface area contributed by atoms with Gasteiger partial charge in [-0.05, 0) is 23.3 Å². The maximum Gasteiger partial charge on any atom is 0.407 e. The Kier molecular flexibility index (Phi) is 6.00. The van der Waals surface area contributed by atoms with Gasteiger partial charge in [0.2, 0.25) is 5.91 Å². The lowest BCUT2D eigenvalue weighted by Crippen LogP contribution is -2.38. The van der Waals surface area contributed by atoms with E-state index in [1.807, 2.05) is 42.5 Å². The number of halogens is 1. The summed E-state index contributed by atoms with van der Waals surface area (Å²) in [6, 6.07) is 16.4. The summed E-state index contributed by atoms with van der Waals surface area (Å²) in [6.07, 6.45) is -0.654. The number of nitrogens with one attached hydrogen (secondary N) is 2. The highest BCUT2D eigenvalue weighted by molar-refractivity contribution is 6.30. The molecule has 0 fully saturated rings. The van der Waals surface area contributed by atoms with E-state index in [9.17, 15) is 9.59 Å². The van der Waals surface area contributed by atoms with Crippen LogP contribution in [-0.2, 0) is 9.53 Å². The molecule has 0 saturated heterocycles. The molecule has 2 N–H and O–H groups in total. The molecule has 2 rings (SSSR count). The van der Waals surface area contributed by atoms with E-state index in [1.165, 1.54) is 7.11 Å². The second kappa shape index (κ2) is 8.19. The lowest BCUT2D eigenvalue weighted by atomic mass is 9.98. The molecule has 0 spiro atoms. The van der Waals surface area contributed by atoms with Crippen LogP contribution < -0.4 is 10.6 Å². The van der Waals surface area contributed by atoms with E-state index in [4.69, 9.17) is 11.6 Å². The first-order chi connectivity index (χ1) is 11.1. The van der Waals surface area contributed by atoms with E-state index in [1.54, 1.807) is 12.1 Å². The fraction of sp³-hybridized carbons (Fsp3) is 0.176. The molecule has 0 aromatic heterocycles. The van der Waals surface area contributed by atoms with Gasteiger partial charge >= 0.3 is 6.09 Å². The first kappa shape index (κ1) is 16.8. The molecule has 2 aromatic carbocycles. The molecule has 0 aliphatic carbocycles. The van der Waals surface area contributed by atoms with Gasteiger partial charge < -0.3 is 15.4 Å². The molecule has 5 nitrogen and oxygen atoms in total. The van der Waals surface area contributed by atoms with E-state index in [0.29, 0.717) is 5.02 Å². The smallest absolute Gasteiger partial charge is 0.407 e. The molecule has 0 heterocycles. The van der Waals surface area contributed by atoms with Gasteiger partial charge in [0.1, 0.15) is 6.54 Å². The summed E-state index contributed by atoms with van der Waals surface area (Å²) in [5.41, 5.74) is 1.77. The van der Waals surface area contributed by atoms with Crippen molar-refractivity contribution in [1.29, 1.82) is 0 Å². The highest BCUT2D eigenvalue weighted by Gasteiger charge is 2.17. The minimum Gasteiger partial charge on any atom is -0.453 e. The van der Waals surface area contributed by atoms with E-state index < -0.39 is 6.09 Å². The van der Waals surface area contributed by atoms with Crippen molar-refractivity contribution in [3.05, 3.63) is 70.7 Å². The van der Waals surface area contributed by atoms with Crippen molar-refractivity contribution in [2.45, 2.75) is 6.04 Å². The molecule has 23 heavy (non-hydrogen) atoms. The Bertz CT molecular complexity index is 677. The third-order valence-corrected chi connectivity index (χ3v) is 3.43. The molecule has 0 radical (unpaired) electrons. The second-order valence-corrected chi connectivity index (χ2v) is 5.25. The summed E-state index contributed by atoms with van der Waals surface area (Å²) in [5.74, 6) is -0.329. The molecule has 0 bridgehead atoms. The van der Waals surface area contributed by atoms with Gasteiger partial charge in [-0.2, -0.15) is 0 Å². The third-order valence-electron chi connectivity index (χ3n) is 3.20. The van der Waals surface area contributed by atoms with Gasteiger partial charge in [0.05, 0.1) is 13.2 Å². The Morgan fingerprint density at radius 1 is 1.09 bits per heavy atom. The van der Waals surface area contributed by atoms with Crippen molar-refractivity contribution >= 4 is 23.6 Å². The monoisotopic (exact) mass is 332 g/mol. The van der Waals surface area contributed by atoms with Gasteiger partial charge in [-0.25, -0.2) is 4.79 Å². The first-order valence-electron chi connectivity index (χ1n) is 7.01. The number of methoxy groups -OCH3 is 1. The molecule has 120 valence electrons. The van der Waals surface area contributed by atoms with Crippen molar-refractivity contribution in [3.63, 3.8) is 0 Å². The van der Waals surface area contributed by atoms with Crippen LogP contribution >= 0.6 is 11.6 Å².